The van der Waals surface area contributed by atoms with Gasteiger partial charge < -0.3 is 1.43 Å². The van der Waals surface area contributed by atoms with Crippen molar-refractivity contribution in [3.63, 3.8) is 0 Å². The molecule has 0 heterocycles. The third kappa shape index (κ3) is 15.7. The van der Waals surface area contributed by atoms with Crippen molar-refractivity contribution in [2.24, 2.45) is 0 Å². The quantitative estimate of drug-likeness (QED) is 0.336. The minimum Gasteiger partial charge on any atom is -1.00 e. The Morgan fingerprint density at radius 2 is 1.60 bits per heavy atom. The molecule has 0 fully saturated rings. The molecule has 0 aliphatic rings. The summed E-state index contributed by atoms with van der Waals surface area (Å²) in [7, 11) is -1.86. The van der Waals surface area contributed by atoms with Crippen LogP contribution >= 0.6 is 8.25 Å². The van der Waals surface area contributed by atoms with Crippen molar-refractivity contribution in [3.8, 4) is 0 Å². The van der Waals surface area contributed by atoms with Gasteiger partial charge in [-0.2, -0.15) is 0 Å². The first-order valence-electron chi connectivity index (χ1n) is 5.54. The molecule has 86 valence electrons. The van der Waals surface area contributed by atoms with Gasteiger partial charge in [-0.15, -0.1) is 9.05 Å². The summed E-state index contributed by atoms with van der Waals surface area (Å²) in [6, 6.07) is 0. The molecule has 0 saturated heterocycles. The molecular weight excluding hydrogens is 238 g/mol. The summed E-state index contributed by atoms with van der Waals surface area (Å²) in [6.45, 7) is 5.02. The smallest absolute Gasteiger partial charge is 1.00 e. The minimum absolute atomic E-state index is 0. The van der Waals surface area contributed by atoms with Crippen molar-refractivity contribution >= 4 is 8.25 Å². The summed E-state index contributed by atoms with van der Waals surface area (Å²) < 4.78 is 20.6. The molecule has 0 rings (SSSR count). The zero-order chi connectivity index (χ0) is 10.6. The molecule has 0 N–H and O–H groups in total. The van der Waals surface area contributed by atoms with E-state index in [2.05, 4.69) is 6.92 Å². The summed E-state index contributed by atoms with van der Waals surface area (Å²) in [4.78, 5) is 0. The predicted molar refractivity (Wildman–Crippen MR) is 59.7 cm³/mol. The second-order valence-corrected chi connectivity index (χ2v) is 4.21. The van der Waals surface area contributed by atoms with Gasteiger partial charge in [0, 0.05) is 4.57 Å². The van der Waals surface area contributed by atoms with Gasteiger partial charge in [-0.25, -0.2) is 0 Å². The van der Waals surface area contributed by atoms with Crippen LogP contribution in [0.5, 0.6) is 0 Å². The Kier molecular flexibility index (Phi) is 19.8. The van der Waals surface area contributed by atoms with Crippen LogP contribution in [-0.2, 0) is 13.6 Å². The van der Waals surface area contributed by atoms with Crippen LogP contribution in [0.4, 0.5) is 0 Å². The fourth-order valence-corrected chi connectivity index (χ4v) is 1.73. The van der Waals surface area contributed by atoms with E-state index >= 15 is 0 Å². The molecule has 0 aromatic heterocycles. The monoisotopic (exact) mass is 261 g/mol. The molecule has 0 aromatic rings. The van der Waals surface area contributed by atoms with E-state index in [-0.39, 0.29) is 52.8 Å². The molecule has 0 aliphatic carbocycles. The molecule has 0 radical (unpaired) electrons. The molecule has 0 aliphatic heterocycles. The molecule has 1 unspecified atom stereocenters. The minimum atomic E-state index is -1.86. The molecule has 0 aromatic carbocycles. The van der Waals surface area contributed by atoms with Crippen LogP contribution in [0.15, 0.2) is 0 Å². The first kappa shape index (κ1) is 19.0. The van der Waals surface area contributed by atoms with E-state index in [9.17, 15) is 4.57 Å². The van der Waals surface area contributed by atoms with Gasteiger partial charge in [0.15, 0.2) is 0 Å². The number of rotatable bonds is 10. The second-order valence-electron chi connectivity index (χ2n) is 3.24. The van der Waals surface area contributed by atoms with E-state index in [1.54, 1.807) is 6.92 Å². The topological polar surface area (TPSA) is 35.5 Å². The SMILES string of the molecule is CCCCCCCCO[P+](=O)OCC.[H-].[K+]. The number of unbranched alkanes of at least 4 members (excludes halogenated alkanes) is 5. The van der Waals surface area contributed by atoms with Crippen molar-refractivity contribution in [1.82, 2.24) is 0 Å². The van der Waals surface area contributed by atoms with E-state index in [0.29, 0.717) is 13.2 Å². The average Bonchev–Trinajstić information content (AvgIpc) is 2.17. The van der Waals surface area contributed by atoms with E-state index in [0.717, 1.165) is 12.8 Å². The standard InChI is InChI=1S/C10H22O3P.K.H/c1-3-5-6-7-8-9-10-13-14(11)12-4-2;;/h3-10H2,1-2H3;;/q2*+1;-1. The van der Waals surface area contributed by atoms with Gasteiger partial charge in [0.05, 0.1) is 0 Å². The van der Waals surface area contributed by atoms with Gasteiger partial charge in [-0.3, -0.25) is 0 Å². The van der Waals surface area contributed by atoms with Crippen molar-refractivity contribution in [3.05, 3.63) is 0 Å². The van der Waals surface area contributed by atoms with Crippen LogP contribution in [0.2, 0.25) is 0 Å². The van der Waals surface area contributed by atoms with Crippen molar-refractivity contribution < 1.29 is 66.4 Å². The maximum Gasteiger partial charge on any atom is 1.00 e. The molecular formula is C10H23KO3P+. The number of hydrogen-bond acceptors (Lipinski definition) is 3. The van der Waals surface area contributed by atoms with Gasteiger partial charge in [-0.05, 0) is 13.3 Å². The normalized spacial score (nSPS) is 10.9. The molecule has 0 saturated carbocycles. The predicted octanol–water partition coefficient (Wildman–Crippen LogP) is 1.17. The Morgan fingerprint density at radius 1 is 1.00 bits per heavy atom. The Labute approximate surface area is 139 Å². The maximum absolute atomic E-state index is 10.9. The third-order valence-corrected chi connectivity index (χ3v) is 2.79. The van der Waals surface area contributed by atoms with E-state index in [1.165, 1.54) is 25.7 Å². The molecule has 0 bridgehead atoms. The summed E-state index contributed by atoms with van der Waals surface area (Å²) in [5, 5.41) is 0. The summed E-state index contributed by atoms with van der Waals surface area (Å²) in [5.41, 5.74) is 0. The van der Waals surface area contributed by atoms with Crippen LogP contribution in [0.1, 0.15) is 53.8 Å². The second kappa shape index (κ2) is 15.7. The summed E-state index contributed by atoms with van der Waals surface area (Å²) in [6.07, 6.45) is 7.28. The van der Waals surface area contributed by atoms with Gasteiger partial charge in [0.1, 0.15) is 13.2 Å². The van der Waals surface area contributed by atoms with Crippen LogP contribution in [0.25, 0.3) is 0 Å². The van der Waals surface area contributed by atoms with Crippen molar-refractivity contribution in [1.29, 1.82) is 0 Å². The summed E-state index contributed by atoms with van der Waals surface area (Å²) in [5.74, 6) is 0. The molecule has 0 amide bonds. The Hall–Kier alpha value is 1.66. The Balaban J connectivity index is -0.000000845. The van der Waals surface area contributed by atoms with Crippen LogP contribution in [0, 0.1) is 0 Å². The zero-order valence-corrected chi connectivity index (χ0v) is 14.3. The van der Waals surface area contributed by atoms with Gasteiger partial charge in [0.2, 0.25) is 0 Å². The number of hydrogen-bond donors (Lipinski definition) is 0. The molecule has 3 nitrogen and oxygen atoms in total. The fraction of sp³-hybridized carbons (Fsp3) is 1.00. The van der Waals surface area contributed by atoms with Gasteiger partial charge in [-0.1, -0.05) is 39.0 Å². The first-order chi connectivity index (χ1) is 6.81. The van der Waals surface area contributed by atoms with Gasteiger partial charge in [0.25, 0.3) is 0 Å². The molecule has 15 heavy (non-hydrogen) atoms. The average molecular weight is 261 g/mol. The van der Waals surface area contributed by atoms with Crippen molar-refractivity contribution in [2.75, 3.05) is 13.2 Å². The zero-order valence-electron chi connectivity index (χ0n) is 11.3. The fourth-order valence-electron chi connectivity index (χ4n) is 1.16. The molecule has 0 spiro atoms. The van der Waals surface area contributed by atoms with E-state index < -0.39 is 8.25 Å². The third-order valence-electron chi connectivity index (χ3n) is 1.93. The molecule has 5 heteroatoms. The maximum atomic E-state index is 10.9. The first-order valence-corrected chi connectivity index (χ1v) is 6.63. The molecule has 1 atom stereocenters. The van der Waals surface area contributed by atoms with E-state index in [4.69, 9.17) is 9.05 Å². The Bertz CT molecular complexity index is 150. The van der Waals surface area contributed by atoms with Gasteiger partial charge >= 0.3 is 59.6 Å². The van der Waals surface area contributed by atoms with Crippen molar-refractivity contribution in [2.45, 2.75) is 52.4 Å². The summed E-state index contributed by atoms with van der Waals surface area (Å²) >= 11 is 0. The largest absolute Gasteiger partial charge is 1.00 e. The van der Waals surface area contributed by atoms with Crippen LogP contribution < -0.4 is 51.4 Å². The van der Waals surface area contributed by atoms with Crippen LogP contribution in [0.3, 0.4) is 0 Å². The van der Waals surface area contributed by atoms with Crippen LogP contribution in [-0.4, -0.2) is 13.2 Å². The van der Waals surface area contributed by atoms with E-state index in [1.807, 2.05) is 0 Å². The Morgan fingerprint density at radius 3 is 2.20 bits per heavy atom.